The molecule has 0 N–H and O–H groups in total. The largest absolute Gasteiger partial charge is 0.312 e. The molecule has 0 amide bonds. The summed E-state index contributed by atoms with van der Waals surface area (Å²) in [4.78, 5) is 23.5. The van der Waals surface area contributed by atoms with Gasteiger partial charge in [-0.25, -0.2) is 0 Å². The number of fused-ring (bicyclic) bond motifs is 1. The first kappa shape index (κ1) is 11.7. The van der Waals surface area contributed by atoms with Gasteiger partial charge in [-0.15, -0.1) is 12.3 Å². The van der Waals surface area contributed by atoms with Gasteiger partial charge >= 0.3 is 0 Å². The van der Waals surface area contributed by atoms with Gasteiger partial charge < -0.3 is 4.57 Å². The summed E-state index contributed by atoms with van der Waals surface area (Å²) in [5.41, 5.74) is 1.58. The first-order valence-corrected chi connectivity index (χ1v) is 5.93. The lowest BCUT2D eigenvalue weighted by Crippen LogP contribution is -2.27. The summed E-state index contributed by atoms with van der Waals surface area (Å²) in [7, 11) is 0. The lowest BCUT2D eigenvalue weighted by atomic mass is 9.94. The Kier molecular flexibility index (Phi) is 3.43. The van der Waals surface area contributed by atoms with E-state index in [-0.39, 0.29) is 11.3 Å². The number of carbonyl (C=O) groups is 1. The Balaban J connectivity index is 2.37. The van der Waals surface area contributed by atoms with Crippen LogP contribution < -0.4 is 5.56 Å². The molecule has 1 aliphatic carbocycles. The maximum absolute atomic E-state index is 11.8. The number of Topliss-reactive ketones (excluding diaryl/α,β-unsaturated/α-hetero) is 1. The molecule has 1 aromatic rings. The number of nitrogens with zero attached hydrogens (tertiary/aromatic N) is 1. The Morgan fingerprint density at radius 2 is 2.12 bits per heavy atom. The molecule has 3 heteroatoms. The van der Waals surface area contributed by atoms with Crippen molar-refractivity contribution < 1.29 is 4.79 Å². The highest BCUT2D eigenvalue weighted by molar-refractivity contribution is 5.97. The summed E-state index contributed by atoms with van der Waals surface area (Å²) in [5, 5.41) is 0. The normalized spacial score (nSPS) is 14.2. The third kappa shape index (κ3) is 2.31. The summed E-state index contributed by atoms with van der Waals surface area (Å²) < 4.78 is 1.71. The summed E-state index contributed by atoms with van der Waals surface area (Å²) in [6.45, 7) is 0.611. The molecule has 3 nitrogen and oxygen atoms in total. The number of unbranched alkanes of at least 4 members (excludes halogenated alkanes) is 1. The van der Waals surface area contributed by atoms with Gasteiger partial charge in [-0.2, -0.15) is 0 Å². The lowest BCUT2D eigenvalue weighted by Gasteiger charge is -2.19. The highest BCUT2D eigenvalue weighted by Crippen LogP contribution is 2.19. The third-order valence-corrected chi connectivity index (χ3v) is 3.12. The number of carbonyl (C=O) groups excluding carboxylic acids is 1. The number of terminal acetylenes is 1. The predicted molar refractivity (Wildman–Crippen MR) is 66.0 cm³/mol. The Morgan fingerprint density at radius 1 is 1.29 bits per heavy atom. The minimum Gasteiger partial charge on any atom is -0.312 e. The van der Waals surface area contributed by atoms with Gasteiger partial charge in [0.15, 0.2) is 5.78 Å². The molecule has 2 rings (SSSR count). The van der Waals surface area contributed by atoms with Crippen molar-refractivity contribution in [2.75, 3.05) is 0 Å². The van der Waals surface area contributed by atoms with Crippen LogP contribution in [0.15, 0.2) is 16.9 Å². The zero-order valence-electron chi connectivity index (χ0n) is 9.74. The molecule has 0 aromatic carbocycles. The van der Waals surface area contributed by atoms with Gasteiger partial charge in [0, 0.05) is 36.7 Å². The van der Waals surface area contributed by atoms with Crippen molar-refractivity contribution in [2.45, 2.75) is 38.6 Å². The maximum Gasteiger partial charge on any atom is 0.250 e. The second kappa shape index (κ2) is 5.01. The molecule has 17 heavy (non-hydrogen) atoms. The molecule has 0 atom stereocenters. The van der Waals surface area contributed by atoms with Crippen LogP contribution in [0.3, 0.4) is 0 Å². The van der Waals surface area contributed by atoms with E-state index in [1.54, 1.807) is 10.6 Å². The van der Waals surface area contributed by atoms with Crippen LogP contribution >= 0.6 is 0 Å². The molecule has 1 aliphatic rings. The Bertz CT molecular complexity index is 534. The molecular formula is C14H15NO2. The Morgan fingerprint density at radius 3 is 2.88 bits per heavy atom. The first-order valence-electron chi connectivity index (χ1n) is 5.93. The Hall–Kier alpha value is -1.82. The fourth-order valence-corrected chi connectivity index (χ4v) is 2.28. The van der Waals surface area contributed by atoms with Crippen molar-refractivity contribution in [3.63, 3.8) is 0 Å². The first-order chi connectivity index (χ1) is 8.24. The van der Waals surface area contributed by atoms with Gasteiger partial charge in [0.25, 0.3) is 5.56 Å². The van der Waals surface area contributed by atoms with Crippen LogP contribution in [0.2, 0.25) is 0 Å². The smallest absolute Gasteiger partial charge is 0.250 e. The summed E-state index contributed by atoms with van der Waals surface area (Å²) in [6, 6.07) is 3.15. The van der Waals surface area contributed by atoms with E-state index >= 15 is 0 Å². The molecule has 0 fully saturated rings. The van der Waals surface area contributed by atoms with Crippen LogP contribution in [-0.4, -0.2) is 10.4 Å². The summed E-state index contributed by atoms with van der Waals surface area (Å²) in [6.07, 6.45) is 8.88. The van der Waals surface area contributed by atoms with Crippen LogP contribution in [0.4, 0.5) is 0 Å². The molecule has 0 bridgehead atoms. The minimum absolute atomic E-state index is 0.0320. The van der Waals surface area contributed by atoms with Gasteiger partial charge in [-0.3, -0.25) is 9.59 Å². The van der Waals surface area contributed by atoms with Crippen molar-refractivity contribution in [1.29, 1.82) is 0 Å². The molecule has 0 saturated carbocycles. The van der Waals surface area contributed by atoms with E-state index in [4.69, 9.17) is 6.42 Å². The number of rotatable bonds is 3. The monoisotopic (exact) mass is 229 g/mol. The predicted octanol–water partition coefficient (Wildman–Crippen LogP) is 1.78. The van der Waals surface area contributed by atoms with Gasteiger partial charge in [-0.1, -0.05) is 0 Å². The highest BCUT2D eigenvalue weighted by Gasteiger charge is 2.20. The average Bonchev–Trinajstić information content (AvgIpc) is 2.32. The number of hydrogen-bond acceptors (Lipinski definition) is 2. The molecule has 1 heterocycles. The summed E-state index contributed by atoms with van der Waals surface area (Å²) in [5.74, 6) is 2.71. The van der Waals surface area contributed by atoms with Crippen LogP contribution in [0.5, 0.6) is 0 Å². The van der Waals surface area contributed by atoms with Gasteiger partial charge in [0.2, 0.25) is 0 Å². The zero-order chi connectivity index (χ0) is 12.3. The molecular weight excluding hydrogens is 214 g/mol. The van der Waals surface area contributed by atoms with E-state index in [9.17, 15) is 9.59 Å². The SMILES string of the molecule is C#CCCCn1c2c(ccc1=O)C(=O)CCC2. The molecule has 88 valence electrons. The maximum atomic E-state index is 11.8. The standard InChI is InChI=1S/C14H15NO2/c1-2-3-4-10-15-12-6-5-7-13(16)11(12)8-9-14(15)17/h1,8-9H,3-7,10H2. The molecule has 0 saturated heterocycles. The second-order valence-corrected chi connectivity index (χ2v) is 4.27. The molecule has 0 aliphatic heterocycles. The van der Waals surface area contributed by atoms with Crippen molar-refractivity contribution >= 4 is 5.78 Å². The Labute approximate surface area is 100 Å². The molecule has 1 aromatic heterocycles. The van der Waals surface area contributed by atoms with Gasteiger partial charge in [0.1, 0.15) is 0 Å². The average molecular weight is 229 g/mol. The lowest BCUT2D eigenvalue weighted by molar-refractivity contribution is 0.0970. The van der Waals surface area contributed by atoms with Crippen molar-refractivity contribution in [3.05, 3.63) is 33.7 Å². The molecule has 0 unspecified atom stereocenters. The van der Waals surface area contributed by atoms with E-state index in [1.807, 2.05) is 0 Å². The summed E-state index contributed by atoms with van der Waals surface area (Å²) >= 11 is 0. The minimum atomic E-state index is -0.0320. The fraction of sp³-hybridized carbons (Fsp3) is 0.429. The van der Waals surface area contributed by atoms with Crippen molar-refractivity contribution in [3.8, 4) is 12.3 Å². The quantitative estimate of drug-likeness (QED) is 0.585. The number of hydrogen-bond donors (Lipinski definition) is 0. The third-order valence-electron chi connectivity index (χ3n) is 3.12. The van der Waals surface area contributed by atoms with Gasteiger partial charge in [0.05, 0.1) is 0 Å². The van der Waals surface area contributed by atoms with E-state index in [2.05, 4.69) is 5.92 Å². The molecule has 0 radical (unpaired) electrons. The van der Waals surface area contributed by atoms with Crippen molar-refractivity contribution in [1.82, 2.24) is 4.57 Å². The highest BCUT2D eigenvalue weighted by atomic mass is 16.1. The van der Waals surface area contributed by atoms with E-state index in [0.29, 0.717) is 19.4 Å². The number of pyridine rings is 1. The second-order valence-electron chi connectivity index (χ2n) is 4.27. The topological polar surface area (TPSA) is 39.1 Å². The van der Waals surface area contributed by atoms with Crippen molar-refractivity contribution in [2.24, 2.45) is 0 Å². The van der Waals surface area contributed by atoms with Gasteiger partial charge in [-0.05, 0) is 25.3 Å². The van der Waals surface area contributed by atoms with Crippen LogP contribution in [0.1, 0.15) is 41.7 Å². The van der Waals surface area contributed by atoms with E-state index < -0.39 is 0 Å². The van der Waals surface area contributed by atoms with Crippen LogP contribution in [-0.2, 0) is 13.0 Å². The van der Waals surface area contributed by atoms with Crippen LogP contribution in [0.25, 0.3) is 0 Å². The number of aromatic nitrogens is 1. The zero-order valence-corrected chi connectivity index (χ0v) is 9.74. The van der Waals surface area contributed by atoms with E-state index in [0.717, 1.165) is 30.5 Å². The molecule has 0 spiro atoms. The van der Waals surface area contributed by atoms with Crippen LogP contribution in [0, 0.1) is 12.3 Å². The van der Waals surface area contributed by atoms with E-state index in [1.165, 1.54) is 6.07 Å². The fourth-order valence-electron chi connectivity index (χ4n) is 2.28. The number of ketones is 1.